The number of rotatable bonds is 6. The number of nitrogens with zero attached hydrogens (tertiary/aromatic N) is 3. The van der Waals surface area contributed by atoms with E-state index in [2.05, 4.69) is 20.4 Å². The van der Waals surface area contributed by atoms with E-state index < -0.39 is 10.0 Å². The van der Waals surface area contributed by atoms with Gasteiger partial charge in [0.25, 0.3) is 0 Å². The summed E-state index contributed by atoms with van der Waals surface area (Å²) in [5, 5.41) is 10.6. The third-order valence-corrected chi connectivity index (χ3v) is 4.14. The molecule has 9 heteroatoms. The maximum Gasteiger partial charge on any atom is 0.240 e. The average molecular weight is 296 g/mol. The SMILES string of the molecule is CNS(=O)(=O)c1ccc(N)c(NCCn2ccnn2)c1. The molecule has 8 nitrogen and oxygen atoms in total. The largest absolute Gasteiger partial charge is 0.397 e. The highest BCUT2D eigenvalue weighted by Crippen LogP contribution is 2.22. The summed E-state index contributed by atoms with van der Waals surface area (Å²) in [6, 6.07) is 4.52. The molecule has 0 saturated heterocycles. The van der Waals surface area contributed by atoms with Crippen LogP contribution in [0.5, 0.6) is 0 Å². The van der Waals surface area contributed by atoms with Gasteiger partial charge in [-0.1, -0.05) is 5.21 Å². The highest BCUT2D eigenvalue weighted by atomic mass is 32.2. The Morgan fingerprint density at radius 3 is 2.85 bits per heavy atom. The summed E-state index contributed by atoms with van der Waals surface area (Å²) >= 11 is 0. The van der Waals surface area contributed by atoms with Gasteiger partial charge in [-0.3, -0.25) is 4.68 Å². The molecule has 1 aromatic carbocycles. The highest BCUT2D eigenvalue weighted by molar-refractivity contribution is 7.89. The van der Waals surface area contributed by atoms with Gasteiger partial charge in [0.05, 0.1) is 29.0 Å². The maximum absolute atomic E-state index is 11.7. The Morgan fingerprint density at radius 2 is 2.20 bits per heavy atom. The van der Waals surface area contributed by atoms with Gasteiger partial charge in [-0.05, 0) is 25.2 Å². The van der Waals surface area contributed by atoms with Crippen molar-refractivity contribution in [3.8, 4) is 0 Å². The van der Waals surface area contributed by atoms with Gasteiger partial charge in [-0.25, -0.2) is 13.1 Å². The normalized spacial score (nSPS) is 11.4. The van der Waals surface area contributed by atoms with Gasteiger partial charge in [0, 0.05) is 12.7 Å². The van der Waals surface area contributed by atoms with E-state index in [0.29, 0.717) is 24.5 Å². The number of nitrogens with two attached hydrogens (primary N) is 1. The van der Waals surface area contributed by atoms with Gasteiger partial charge in [-0.2, -0.15) is 0 Å². The first-order valence-corrected chi connectivity index (χ1v) is 7.42. The summed E-state index contributed by atoms with van der Waals surface area (Å²) in [4.78, 5) is 0.164. The lowest BCUT2D eigenvalue weighted by atomic mass is 10.2. The van der Waals surface area contributed by atoms with Crippen molar-refractivity contribution in [1.82, 2.24) is 19.7 Å². The van der Waals surface area contributed by atoms with Crippen molar-refractivity contribution in [3.05, 3.63) is 30.6 Å². The third kappa shape index (κ3) is 3.25. The van der Waals surface area contributed by atoms with Crippen LogP contribution in [-0.2, 0) is 16.6 Å². The molecule has 0 amide bonds. The van der Waals surface area contributed by atoms with Gasteiger partial charge in [0.1, 0.15) is 0 Å². The van der Waals surface area contributed by atoms with Crippen molar-refractivity contribution in [1.29, 1.82) is 0 Å². The van der Waals surface area contributed by atoms with E-state index in [1.165, 1.54) is 19.2 Å². The molecule has 4 N–H and O–H groups in total. The molecule has 0 saturated carbocycles. The molecule has 0 radical (unpaired) electrons. The number of hydrogen-bond acceptors (Lipinski definition) is 6. The Balaban J connectivity index is 2.09. The van der Waals surface area contributed by atoms with Crippen LogP contribution >= 0.6 is 0 Å². The second-order valence-electron chi connectivity index (χ2n) is 4.05. The predicted molar refractivity (Wildman–Crippen MR) is 75.6 cm³/mol. The maximum atomic E-state index is 11.7. The van der Waals surface area contributed by atoms with E-state index >= 15 is 0 Å². The van der Waals surface area contributed by atoms with Crippen LogP contribution in [0.15, 0.2) is 35.5 Å². The summed E-state index contributed by atoms with van der Waals surface area (Å²) in [5.41, 5.74) is 6.88. The molecule has 0 unspecified atom stereocenters. The smallest absolute Gasteiger partial charge is 0.240 e. The van der Waals surface area contributed by atoms with Gasteiger partial charge >= 0.3 is 0 Å². The second kappa shape index (κ2) is 5.88. The molecule has 0 fully saturated rings. The van der Waals surface area contributed by atoms with E-state index in [9.17, 15) is 8.42 Å². The van der Waals surface area contributed by atoms with Crippen molar-refractivity contribution >= 4 is 21.4 Å². The molecular weight excluding hydrogens is 280 g/mol. The lowest BCUT2D eigenvalue weighted by Gasteiger charge is -2.11. The van der Waals surface area contributed by atoms with Crippen LogP contribution in [-0.4, -0.2) is 37.0 Å². The number of hydrogen-bond donors (Lipinski definition) is 3. The molecule has 2 rings (SSSR count). The van der Waals surface area contributed by atoms with Crippen LogP contribution in [0.25, 0.3) is 0 Å². The molecule has 0 aliphatic rings. The van der Waals surface area contributed by atoms with Crippen LogP contribution in [0.4, 0.5) is 11.4 Å². The Kier molecular flexibility index (Phi) is 4.20. The van der Waals surface area contributed by atoms with Crippen LogP contribution in [0.3, 0.4) is 0 Å². The van der Waals surface area contributed by atoms with Crippen molar-refractivity contribution in [2.24, 2.45) is 0 Å². The average Bonchev–Trinajstić information content (AvgIpc) is 2.94. The minimum absolute atomic E-state index is 0.164. The third-order valence-electron chi connectivity index (χ3n) is 2.73. The van der Waals surface area contributed by atoms with E-state index in [1.807, 2.05) is 0 Å². The molecule has 0 atom stereocenters. The van der Waals surface area contributed by atoms with Crippen LogP contribution < -0.4 is 15.8 Å². The van der Waals surface area contributed by atoms with Gasteiger partial charge in [-0.15, -0.1) is 5.10 Å². The molecular formula is C11H16N6O2S. The number of nitrogen functional groups attached to an aromatic ring is 1. The van der Waals surface area contributed by atoms with Crippen molar-refractivity contribution in [3.63, 3.8) is 0 Å². The zero-order valence-electron chi connectivity index (χ0n) is 10.9. The van der Waals surface area contributed by atoms with Gasteiger partial charge in [0.2, 0.25) is 10.0 Å². The van der Waals surface area contributed by atoms with Gasteiger partial charge in [0.15, 0.2) is 0 Å². The first-order valence-electron chi connectivity index (χ1n) is 5.94. The van der Waals surface area contributed by atoms with Crippen LogP contribution in [0.1, 0.15) is 0 Å². The zero-order valence-corrected chi connectivity index (χ0v) is 11.8. The zero-order chi connectivity index (χ0) is 14.6. The Hall–Kier alpha value is -2.13. The fourth-order valence-corrected chi connectivity index (χ4v) is 2.39. The minimum Gasteiger partial charge on any atom is -0.397 e. The molecule has 0 bridgehead atoms. The molecule has 108 valence electrons. The number of aromatic nitrogens is 3. The van der Waals surface area contributed by atoms with E-state index in [4.69, 9.17) is 5.73 Å². The highest BCUT2D eigenvalue weighted by Gasteiger charge is 2.12. The summed E-state index contributed by atoms with van der Waals surface area (Å²) in [6.07, 6.45) is 3.33. The summed E-state index contributed by atoms with van der Waals surface area (Å²) in [6.45, 7) is 1.15. The molecule has 1 aromatic heterocycles. The monoisotopic (exact) mass is 296 g/mol. The summed E-state index contributed by atoms with van der Waals surface area (Å²) < 4.78 is 27.4. The Morgan fingerprint density at radius 1 is 1.40 bits per heavy atom. The van der Waals surface area contributed by atoms with Gasteiger partial charge < -0.3 is 11.1 Å². The molecule has 0 spiro atoms. The fourth-order valence-electron chi connectivity index (χ4n) is 1.63. The van der Waals surface area contributed by atoms with E-state index in [-0.39, 0.29) is 4.90 Å². The molecule has 1 heterocycles. The van der Waals surface area contributed by atoms with E-state index in [1.54, 1.807) is 23.1 Å². The molecule has 20 heavy (non-hydrogen) atoms. The lowest BCUT2D eigenvalue weighted by Crippen LogP contribution is -2.19. The number of nitrogens with one attached hydrogen (secondary N) is 2. The second-order valence-corrected chi connectivity index (χ2v) is 5.94. The Labute approximate surface area is 117 Å². The quantitative estimate of drug-likeness (QED) is 0.640. The summed E-state index contributed by atoms with van der Waals surface area (Å²) in [7, 11) is -2.11. The number of benzene rings is 1. The topological polar surface area (TPSA) is 115 Å². The Bertz CT molecular complexity index is 668. The molecule has 0 aliphatic carbocycles. The molecule has 0 aliphatic heterocycles. The van der Waals surface area contributed by atoms with E-state index in [0.717, 1.165) is 0 Å². The van der Waals surface area contributed by atoms with Crippen molar-refractivity contribution in [2.75, 3.05) is 24.6 Å². The number of sulfonamides is 1. The predicted octanol–water partition coefficient (Wildman–Crippen LogP) is -0.119. The minimum atomic E-state index is -3.48. The van der Waals surface area contributed by atoms with Crippen LogP contribution in [0.2, 0.25) is 0 Å². The lowest BCUT2D eigenvalue weighted by molar-refractivity contribution is 0.588. The van der Waals surface area contributed by atoms with Crippen molar-refractivity contribution < 1.29 is 8.42 Å². The number of anilines is 2. The van der Waals surface area contributed by atoms with Crippen molar-refractivity contribution in [2.45, 2.75) is 11.4 Å². The van der Waals surface area contributed by atoms with Crippen LogP contribution in [0, 0.1) is 0 Å². The fraction of sp³-hybridized carbons (Fsp3) is 0.273. The standard InChI is InChI=1S/C11H16N6O2S/c1-13-20(18,19)9-2-3-10(12)11(8-9)14-4-6-17-7-5-15-16-17/h2-3,5,7-8,13-14H,4,6,12H2,1H3. The molecule has 2 aromatic rings. The first kappa shape index (κ1) is 14.3. The summed E-state index contributed by atoms with van der Waals surface area (Å²) in [5.74, 6) is 0. The first-order chi connectivity index (χ1) is 9.53.